The zero-order chi connectivity index (χ0) is 59.1. The molecule has 1 amide bonds. The van der Waals surface area contributed by atoms with Gasteiger partial charge in [-0.1, -0.05) is 90.1 Å². The van der Waals surface area contributed by atoms with Crippen LogP contribution in [0.5, 0.6) is 11.5 Å². The number of methoxy groups -OCH3 is 2. The van der Waals surface area contributed by atoms with Crippen LogP contribution in [-0.2, 0) is 30.6 Å². The fourth-order valence-electron chi connectivity index (χ4n) is 9.03. The van der Waals surface area contributed by atoms with Gasteiger partial charge in [0.25, 0.3) is 0 Å². The standard InChI is InChI=1S/C26H24N2O3.C14H19NO2.C13H14N2O3.C12H12N2O2/c1-5-28-24-12-10-19(17(3)27-31-18(4)29)14-22(24)23-15-20(11-13-25(23)28)26(30)21-9-7-6-8-16(21)2;1-4-15(5-2)14(16)11-8-12-6-9-13(17-3)10-7-12;1-18-11-4-2-10(3-5-11)12(8-13(16)17)15-7-6-14-9-15;15-12(16)8-11(14-7-6-13-9-14)10-4-2-1-3-5-10/h6-15H,5H2,1-4H3;6-11H,4-5H2,1-3H3;2-7,9,12H,8H2,1H3,(H,16,17);1-7,9,11H,8H2,(H,15,16)/b27-17+;11-8+;;. The van der Waals surface area contributed by atoms with Gasteiger partial charge in [0.2, 0.25) is 5.91 Å². The number of nitrogens with zero attached hydrogens (tertiary/aromatic N) is 7. The van der Waals surface area contributed by atoms with Gasteiger partial charge in [-0.15, -0.1) is 0 Å². The van der Waals surface area contributed by atoms with Crippen LogP contribution in [0.2, 0.25) is 0 Å². The Morgan fingerprint density at radius 3 is 1.61 bits per heavy atom. The van der Waals surface area contributed by atoms with Crippen LogP contribution in [0.15, 0.2) is 188 Å². The number of oxime groups is 1. The monoisotopic (exact) mass is 1110 g/mol. The summed E-state index contributed by atoms with van der Waals surface area (Å²) in [6.45, 7) is 13.4. The Morgan fingerprint density at radius 2 is 1.13 bits per heavy atom. The first-order chi connectivity index (χ1) is 39.6. The number of carboxylic acids is 2. The van der Waals surface area contributed by atoms with E-state index in [2.05, 4.69) is 26.6 Å². The molecule has 82 heavy (non-hydrogen) atoms. The third-order valence-corrected chi connectivity index (χ3v) is 13.4. The topological polar surface area (TPSA) is 210 Å². The van der Waals surface area contributed by atoms with Gasteiger partial charge in [-0.05, 0) is 123 Å². The van der Waals surface area contributed by atoms with Crippen molar-refractivity contribution >= 4 is 63.2 Å². The maximum Gasteiger partial charge on any atom is 0.331 e. The summed E-state index contributed by atoms with van der Waals surface area (Å²) in [5, 5.41) is 23.9. The highest BCUT2D eigenvalue weighted by atomic mass is 16.7. The molecule has 2 N–H and O–H groups in total. The van der Waals surface area contributed by atoms with Crippen molar-refractivity contribution in [1.29, 1.82) is 0 Å². The van der Waals surface area contributed by atoms with Crippen molar-refractivity contribution in [2.75, 3.05) is 27.3 Å². The number of ether oxygens (including phenoxy) is 2. The molecular formula is C65H69N7O10. The predicted octanol–water partition coefficient (Wildman–Crippen LogP) is 12.1. The van der Waals surface area contributed by atoms with Gasteiger partial charge in [0.15, 0.2) is 5.78 Å². The quantitative estimate of drug-likeness (QED) is 0.0255. The summed E-state index contributed by atoms with van der Waals surface area (Å²) < 4.78 is 16.0. The van der Waals surface area contributed by atoms with E-state index in [1.807, 2.05) is 171 Å². The van der Waals surface area contributed by atoms with Crippen LogP contribution in [0.3, 0.4) is 0 Å². The Kier molecular flexibility index (Phi) is 22.8. The van der Waals surface area contributed by atoms with Crippen molar-refractivity contribution in [1.82, 2.24) is 28.6 Å². The second-order valence-electron chi connectivity index (χ2n) is 18.7. The smallest absolute Gasteiger partial charge is 0.331 e. The molecule has 424 valence electrons. The van der Waals surface area contributed by atoms with Crippen molar-refractivity contribution in [3.63, 3.8) is 0 Å². The van der Waals surface area contributed by atoms with E-state index in [1.165, 1.54) is 6.92 Å². The van der Waals surface area contributed by atoms with Gasteiger partial charge in [-0.25, -0.2) is 14.8 Å². The number of rotatable bonds is 19. The maximum atomic E-state index is 13.2. The summed E-state index contributed by atoms with van der Waals surface area (Å²) in [6, 6.07) is 43.7. The molecule has 0 spiro atoms. The minimum Gasteiger partial charge on any atom is -0.497 e. The summed E-state index contributed by atoms with van der Waals surface area (Å²) in [4.78, 5) is 72.2. The van der Waals surface area contributed by atoms with Gasteiger partial charge >= 0.3 is 17.9 Å². The summed E-state index contributed by atoms with van der Waals surface area (Å²) in [5.41, 5.74) is 8.85. The molecule has 17 nitrogen and oxygen atoms in total. The first kappa shape index (κ1) is 61.3. The fraction of sp³-hybridized carbons (Fsp3) is 0.231. The van der Waals surface area contributed by atoms with Crippen LogP contribution in [0, 0.1) is 6.92 Å². The minimum absolute atomic E-state index is 0.0150. The number of hydrogen-bond donors (Lipinski definition) is 2. The van der Waals surface area contributed by atoms with Crippen LogP contribution in [-0.4, -0.2) is 101 Å². The summed E-state index contributed by atoms with van der Waals surface area (Å²) in [5.74, 6) is -0.489. The average Bonchev–Trinajstić information content (AvgIpc) is 4.43. The van der Waals surface area contributed by atoms with Crippen LogP contribution in [0.1, 0.15) is 103 Å². The lowest BCUT2D eigenvalue weighted by atomic mass is 9.97. The highest BCUT2D eigenvalue weighted by Crippen LogP contribution is 2.32. The van der Waals surface area contributed by atoms with E-state index in [0.717, 1.165) is 80.8 Å². The Morgan fingerprint density at radius 1 is 0.634 bits per heavy atom. The molecule has 0 saturated carbocycles. The van der Waals surface area contributed by atoms with Crippen molar-refractivity contribution in [3.05, 3.63) is 222 Å². The number of carbonyl (C=O) groups is 5. The zero-order valence-electron chi connectivity index (χ0n) is 47.4. The number of hydrogen-bond acceptors (Lipinski definition) is 11. The van der Waals surface area contributed by atoms with Crippen molar-refractivity contribution in [3.8, 4) is 11.5 Å². The number of amides is 1. The first-order valence-electron chi connectivity index (χ1n) is 26.7. The third kappa shape index (κ3) is 16.8. The van der Waals surface area contributed by atoms with Gasteiger partial charge in [0.05, 0.1) is 57.5 Å². The molecule has 2 unspecified atom stereocenters. The van der Waals surface area contributed by atoms with E-state index in [1.54, 1.807) is 74.1 Å². The molecule has 0 fully saturated rings. The molecule has 0 aliphatic rings. The summed E-state index contributed by atoms with van der Waals surface area (Å²) >= 11 is 0. The van der Waals surface area contributed by atoms with Crippen LogP contribution < -0.4 is 9.47 Å². The van der Waals surface area contributed by atoms with Crippen LogP contribution >= 0.6 is 0 Å². The number of benzene rings is 6. The molecule has 2 atom stereocenters. The van der Waals surface area contributed by atoms with E-state index < -0.39 is 17.9 Å². The number of likely N-dealkylation sites (N-methyl/N-ethyl adjacent to an activating group) is 1. The molecule has 0 aliphatic carbocycles. The molecule has 9 rings (SSSR count). The summed E-state index contributed by atoms with van der Waals surface area (Å²) in [7, 11) is 3.23. The predicted molar refractivity (Wildman–Crippen MR) is 318 cm³/mol. The molecule has 0 bridgehead atoms. The molecular weight excluding hydrogens is 1040 g/mol. The Hall–Kier alpha value is -9.90. The number of fused-ring (bicyclic) bond motifs is 3. The lowest BCUT2D eigenvalue weighted by molar-refractivity contribution is -0.141. The Bertz CT molecular complexity index is 3590. The fourth-order valence-corrected chi connectivity index (χ4v) is 9.03. The van der Waals surface area contributed by atoms with E-state index in [4.69, 9.17) is 24.5 Å². The molecule has 17 heteroatoms. The van der Waals surface area contributed by atoms with Gasteiger partial charge in [-0.2, -0.15) is 0 Å². The molecule has 3 heterocycles. The van der Waals surface area contributed by atoms with Crippen molar-refractivity contribution < 1.29 is 48.5 Å². The SMILES string of the molecule is CCN(CC)C(=O)/C=C/c1ccc(OC)cc1.CCn1c2ccc(C(=O)c3ccccc3C)cc2c2cc(/C(C)=N/OC(C)=O)ccc21.COc1ccc(C(CC(=O)O)n2ccnc2)cc1.O=C(O)CC(c1ccccc1)n1ccnc1. The van der Waals surface area contributed by atoms with Gasteiger partial charge < -0.3 is 43.1 Å². The molecule has 6 aromatic carbocycles. The van der Waals surface area contributed by atoms with Gasteiger partial charge in [0.1, 0.15) is 11.5 Å². The van der Waals surface area contributed by atoms with E-state index in [-0.39, 0.29) is 36.6 Å². The minimum atomic E-state index is -0.843. The Labute approximate surface area is 477 Å². The lowest BCUT2D eigenvalue weighted by Gasteiger charge is -2.17. The van der Waals surface area contributed by atoms with Crippen LogP contribution in [0.25, 0.3) is 27.9 Å². The number of aryl methyl sites for hydroxylation is 2. The third-order valence-electron chi connectivity index (χ3n) is 13.4. The van der Waals surface area contributed by atoms with E-state index in [0.29, 0.717) is 16.8 Å². The van der Waals surface area contributed by atoms with Crippen LogP contribution in [0.4, 0.5) is 0 Å². The largest absolute Gasteiger partial charge is 0.497 e. The summed E-state index contributed by atoms with van der Waals surface area (Å²) in [6.07, 6.45) is 13.6. The number of carboxylic acid groups (broad SMARTS) is 2. The first-order valence-corrected chi connectivity index (χ1v) is 26.7. The van der Waals surface area contributed by atoms with Crippen molar-refractivity contribution in [2.45, 2.75) is 73.0 Å². The molecule has 0 aliphatic heterocycles. The Balaban J connectivity index is 0.000000184. The normalized spacial score (nSPS) is 11.7. The zero-order valence-corrected chi connectivity index (χ0v) is 47.4. The number of aromatic nitrogens is 5. The highest BCUT2D eigenvalue weighted by molar-refractivity contribution is 6.16. The number of aliphatic carboxylic acids is 2. The molecule has 3 aromatic heterocycles. The molecule has 9 aromatic rings. The molecule has 0 saturated heterocycles. The average molecular weight is 1110 g/mol. The highest BCUT2D eigenvalue weighted by Gasteiger charge is 2.20. The second-order valence-corrected chi connectivity index (χ2v) is 18.7. The van der Waals surface area contributed by atoms with Gasteiger partial charge in [-0.3, -0.25) is 19.2 Å². The molecule has 0 radical (unpaired) electrons. The van der Waals surface area contributed by atoms with E-state index in [9.17, 15) is 24.0 Å². The number of imidazole rings is 2. The number of carbonyl (C=O) groups excluding carboxylic acids is 3. The van der Waals surface area contributed by atoms with Crippen molar-refractivity contribution in [2.24, 2.45) is 5.16 Å². The van der Waals surface area contributed by atoms with E-state index >= 15 is 0 Å². The maximum absolute atomic E-state index is 13.2. The van der Waals surface area contributed by atoms with Gasteiger partial charge in [0, 0.05) is 90.4 Å². The lowest BCUT2D eigenvalue weighted by Crippen LogP contribution is -2.28. The number of ketones is 1. The second kappa shape index (κ2) is 30.5.